The lowest BCUT2D eigenvalue weighted by Gasteiger charge is -2.46. The van der Waals surface area contributed by atoms with Crippen LogP contribution < -0.4 is 0 Å². The summed E-state index contributed by atoms with van der Waals surface area (Å²) >= 11 is 5.24. The third-order valence-electron chi connectivity index (χ3n) is 6.23. The van der Waals surface area contributed by atoms with Crippen LogP contribution in [0, 0.1) is 5.92 Å². The fourth-order valence-electron chi connectivity index (χ4n) is 4.61. The monoisotopic (exact) mass is 491 g/mol. The second kappa shape index (κ2) is 7.55. The van der Waals surface area contributed by atoms with Gasteiger partial charge in [-0.3, -0.25) is 0 Å². The SMILES string of the molecule is C[C@H]1C[C@]2(OCc3cc(Br)c(Cc4ncc(-c5ccco5)s4)cc32)[C@H](O)[C@@H](O)[C@@H]1O. The second-order valence-electron chi connectivity index (χ2n) is 8.16. The van der Waals surface area contributed by atoms with Gasteiger partial charge < -0.3 is 24.5 Å². The van der Waals surface area contributed by atoms with E-state index < -0.39 is 23.9 Å². The van der Waals surface area contributed by atoms with Crippen molar-refractivity contribution in [3.05, 3.63) is 62.9 Å². The lowest BCUT2D eigenvalue weighted by atomic mass is 9.70. The van der Waals surface area contributed by atoms with E-state index in [1.54, 1.807) is 17.6 Å². The van der Waals surface area contributed by atoms with Gasteiger partial charge in [0.05, 0.1) is 28.9 Å². The topological polar surface area (TPSA) is 96.0 Å². The first kappa shape index (κ1) is 20.4. The fraction of sp³-hybridized carbons (Fsp3) is 0.409. The molecule has 0 radical (unpaired) electrons. The minimum atomic E-state index is -1.25. The first-order valence-corrected chi connectivity index (χ1v) is 11.5. The van der Waals surface area contributed by atoms with Crippen LogP contribution in [0.15, 0.2) is 45.6 Å². The van der Waals surface area contributed by atoms with E-state index in [4.69, 9.17) is 9.15 Å². The normalized spacial score (nSPS) is 30.7. The highest BCUT2D eigenvalue weighted by Crippen LogP contribution is 2.50. The van der Waals surface area contributed by atoms with Crippen LogP contribution in [0.5, 0.6) is 0 Å². The van der Waals surface area contributed by atoms with Crippen molar-refractivity contribution in [1.82, 2.24) is 4.98 Å². The van der Waals surface area contributed by atoms with E-state index in [1.807, 2.05) is 37.4 Å². The van der Waals surface area contributed by atoms with E-state index in [0.29, 0.717) is 19.4 Å². The van der Waals surface area contributed by atoms with Crippen molar-refractivity contribution in [2.24, 2.45) is 5.92 Å². The standard InChI is InChI=1S/C22H22BrNO5S/c1-11-8-22(21(27)20(26)19(11)25)14-5-12(15(23)6-13(14)10-29-22)7-18-24-9-17(30-18)16-3-2-4-28-16/h2-6,9,11,19-21,25-27H,7-8,10H2,1H3/t11-,19+,20-,21+,22+/m0/s1. The number of rotatable bonds is 3. The summed E-state index contributed by atoms with van der Waals surface area (Å²) in [5.41, 5.74) is 1.88. The van der Waals surface area contributed by atoms with Crippen LogP contribution in [-0.2, 0) is 23.4 Å². The summed E-state index contributed by atoms with van der Waals surface area (Å²) < 4.78 is 12.5. The Hall–Kier alpha value is -1.55. The number of furan rings is 1. The van der Waals surface area contributed by atoms with Gasteiger partial charge in [-0.05, 0) is 47.2 Å². The third kappa shape index (κ3) is 3.18. The molecule has 0 unspecified atom stereocenters. The number of thiazole rings is 1. The van der Waals surface area contributed by atoms with Gasteiger partial charge in [-0.2, -0.15) is 0 Å². The summed E-state index contributed by atoms with van der Waals surface area (Å²) in [6, 6.07) is 7.83. The average molecular weight is 492 g/mol. The van der Waals surface area contributed by atoms with Gasteiger partial charge in [0, 0.05) is 17.1 Å². The molecule has 2 aromatic heterocycles. The minimum absolute atomic E-state index is 0.198. The highest BCUT2D eigenvalue weighted by Gasteiger charge is 2.55. The van der Waals surface area contributed by atoms with E-state index in [9.17, 15) is 15.3 Å². The highest BCUT2D eigenvalue weighted by atomic mass is 79.9. The predicted octanol–water partition coefficient (Wildman–Crippen LogP) is 3.60. The van der Waals surface area contributed by atoms with Crippen molar-refractivity contribution in [1.29, 1.82) is 0 Å². The van der Waals surface area contributed by atoms with Crippen LogP contribution in [0.2, 0.25) is 0 Å². The molecule has 0 bridgehead atoms. The van der Waals surface area contributed by atoms with Gasteiger partial charge in [-0.15, -0.1) is 11.3 Å². The number of fused-ring (bicyclic) bond motifs is 2. The largest absolute Gasteiger partial charge is 0.463 e. The maximum Gasteiger partial charge on any atom is 0.145 e. The second-order valence-corrected chi connectivity index (χ2v) is 10.1. The van der Waals surface area contributed by atoms with Gasteiger partial charge in [0.25, 0.3) is 0 Å². The Kier molecular flexibility index (Phi) is 5.12. The fourth-order valence-corrected chi connectivity index (χ4v) is 6.05. The molecule has 1 saturated carbocycles. The average Bonchev–Trinajstić information content (AvgIpc) is 3.47. The number of hydrogen-bond donors (Lipinski definition) is 3. The Bertz CT molecular complexity index is 1070. The van der Waals surface area contributed by atoms with Gasteiger partial charge >= 0.3 is 0 Å². The maximum absolute atomic E-state index is 10.9. The van der Waals surface area contributed by atoms with Gasteiger partial charge in [-0.1, -0.05) is 28.9 Å². The molecular formula is C22H22BrNO5S. The van der Waals surface area contributed by atoms with Crippen LogP contribution in [0.4, 0.5) is 0 Å². The molecule has 1 aromatic carbocycles. The first-order valence-electron chi connectivity index (χ1n) is 9.87. The number of hydrogen-bond acceptors (Lipinski definition) is 7. The number of benzene rings is 1. The lowest BCUT2D eigenvalue weighted by molar-refractivity contribution is -0.222. The van der Waals surface area contributed by atoms with E-state index in [2.05, 4.69) is 20.9 Å². The minimum Gasteiger partial charge on any atom is -0.463 e. The summed E-state index contributed by atoms with van der Waals surface area (Å²) in [4.78, 5) is 5.51. The van der Waals surface area contributed by atoms with Crippen molar-refractivity contribution in [3.63, 3.8) is 0 Å². The summed E-state index contributed by atoms with van der Waals surface area (Å²) in [7, 11) is 0. The Balaban J connectivity index is 1.49. The number of halogens is 1. The zero-order valence-corrected chi connectivity index (χ0v) is 18.7. The van der Waals surface area contributed by atoms with E-state index in [0.717, 1.165) is 36.8 Å². The smallest absolute Gasteiger partial charge is 0.145 e. The van der Waals surface area contributed by atoms with E-state index in [-0.39, 0.29) is 5.92 Å². The lowest BCUT2D eigenvalue weighted by Crippen LogP contribution is -2.58. The summed E-state index contributed by atoms with van der Waals surface area (Å²) in [6.07, 6.45) is 1.11. The van der Waals surface area contributed by atoms with Crippen molar-refractivity contribution in [2.45, 2.75) is 50.3 Å². The van der Waals surface area contributed by atoms with Crippen molar-refractivity contribution in [2.75, 3.05) is 0 Å². The van der Waals surface area contributed by atoms with Crippen LogP contribution in [0.3, 0.4) is 0 Å². The molecular weight excluding hydrogens is 470 g/mol. The van der Waals surface area contributed by atoms with Crippen LogP contribution in [0.1, 0.15) is 35.0 Å². The number of aliphatic hydroxyl groups is 3. The number of nitrogens with zero attached hydrogens (tertiary/aromatic N) is 1. The van der Waals surface area contributed by atoms with Gasteiger partial charge in [0.1, 0.15) is 23.6 Å². The van der Waals surface area contributed by atoms with Crippen molar-refractivity contribution < 1.29 is 24.5 Å². The van der Waals surface area contributed by atoms with Crippen LogP contribution >= 0.6 is 27.3 Å². The zero-order chi connectivity index (χ0) is 21.0. The molecule has 8 heteroatoms. The molecule has 5 atom stereocenters. The Morgan fingerprint density at radius 3 is 2.87 bits per heavy atom. The summed E-state index contributed by atoms with van der Waals surface area (Å²) in [5.74, 6) is 0.599. The molecule has 3 heterocycles. The Morgan fingerprint density at radius 2 is 2.10 bits per heavy atom. The van der Waals surface area contributed by atoms with Gasteiger partial charge in [0.2, 0.25) is 0 Å². The molecule has 30 heavy (non-hydrogen) atoms. The number of aromatic nitrogens is 1. The van der Waals surface area contributed by atoms with Crippen LogP contribution in [0.25, 0.3) is 10.6 Å². The molecule has 158 valence electrons. The predicted molar refractivity (Wildman–Crippen MR) is 115 cm³/mol. The van der Waals surface area contributed by atoms with Crippen LogP contribution in [-0.4, -0.2) is 38.6 Å². The van der Waals surface area contributed by atoms with Gasteiger partial charge in [0.15, 0.2) is 0 Å². The van der Waals surface area contributed by atoms with Crippen molar-refractivity contribution >= 4 is 27.3 Å². The highest BCUT2D eigenvalue weighted by molar-refractivity contribution is 9.10. The quantitative estimate of drug-likeness (QED) is 0.517. The molecule has 1 aliphatic carbocycles. The molecule has 1 spiro atoms. The van der Waals surface area contributed by atoms with Crippen molar-refractivity contribution in [3.8, 4) is 10.6 Å². The molecule has 3 aromatic rings. The molecule has 1 aliphatic heterocycles. The van der Waals surface area contributed by atoms with Gasteiger partial charge in [-0.25, -0.2) is 4.98 Å². The Labute approximate surface area is 186 Å². The third-order valence-corrected chi connectivity index (χ3v) is 7.98. The Morgan fingerprint density at radius 1 is 1.27 bits per heavy atom. The number of aliphatic hydroxyl groups excluding tert-OH is 3. The first-order chi connectivity index (χ1) is 14.4. The maximum atomic E-state index is 10.9. The molecule has 3 N–H and O–H groups in total. The molecule has 5 rings (SSSR count). The van der Waals surface area contributed by atoms with E-state index in [1.165, 1.54) is 0 Å². The molecule has 6 nitrogen and oxygen atoms in total. The molecule has 2 aliphatic rings. The zero-order valence-electron chi connectivity index (χ0n) is 16.3. The molecule has 0 saturated heterocycles. The number of ether oxygens (including phenoxy) is 1. The molecule has 0 amide bonds. The van der Waals surface area contributed by atoms with E-state index >= 15 is 0 Å². The molecule has 1 fully saturated rings. The summed E-state index contributed by atoms with van der Waals surface area (Å²) in [5, 5.41) is 32.4. The summed E-state index contributed by atoms with van der Waals surface area (Å²) in [6.45, 7) is 2.23.